The van der Waals surface area contributed by atoms with Gasteiger partial charge in [0.15, 0.2) is 6.61 Å². The van der Waals surface area contributed by atoms with E-state index in [0.717, 1.165) is 52.4 Å². The minimum absolute atomic E-state index is 0.0693. The zero-order valence-corrected chi connectivity index (χ0v) is 21.7. The molecule has 178 valence electrons. The Bertz CT molecular complexity index is 945. The molecule has 2 amide bonds. The third-order valence-corrected chi connectivity index (χ3v) is 7.58. The van der Waals surface area contributed by atoms with Crippen molar-refractivity contribution in [3.05, 3.63) is 63.1 Å². The lowest BCUT2D eigenvalue weighted by molar-refractivity contribution is -0.143. The van der Waals surface area contributed by atoms with E-state index in [2.05, 4.69) is 21.2 Å². The van der Waals surface area contributed by atoms with Crippen molar-refractivity contribution in [2.24, 2.45) is 0 Å². The Balaban J connectivity index is 1.77. The predicted octanol–water partition coefficient (Wildman–Crippen LogP) is 5.62. The monoisotopic (exact) mass is 514 g/mol. The average Bonchev–Trinajstić information content (AvgIpc) is 3.29. The molecule has 0 aromatic heterocycles. The van der Waals surface area contributed by atoms with E-state index in [9.17, 15) is 9.59 Å². The van der Waals surface area contributed by atoms with E-state index >= 15 is 0 Å². The number of carbonyl (C=O) groups is 2. The second-order valence-corrected chi connectivity index (χ2v) is 9.87. The van der Waals surface area contributed by atoms with Gasteiger partial charge in [0.25, 0.3) is 5.91 Å². The summed E-state index contributed by atoms with van der Waals surface area (Å²) in [6.45, 7) is 8.24. The number of amides is 2. The Labute approximate surface area is 206 Å². The average molecular weight is 515 g/mol. The molecule has 1 atom stereocenters. The predicted molar refractivity (Wildman–Crippen MR) is 135 cm³/mol. The lowest BCUT2D eigenvalue weighted by Crippen LogP contribution is -2.52. The largest absolute Gasteiger partial charge is 0.484 e. The van der Waals surface area contributed by atoms with Crippen molar-refractivity contribution in [2.75, 3.05) is 6.61 Å². The van der Waals surface area contributed by atoms with Crippen LogP contribution < -0.4 is 10.1 Å². The zero-order valence-electron chi connectivity index (χ0n) is 20.1. The summed E-state index contributed by atoms with van der Waals surface area (Å²) >= 11 is 3.56. The Morgan fingerprint density at radius 2 is 1.70 bits per heavy atom. The summed E-state index contributed by atoms with van der Waals surface area (Å²) < 4.78 is 6.93. The Morgan fingerprint density at radius 1 is 1.09 bits per heavy atom. The zero-order chi connectivity index (χ0) is 24.0. The SMILES string of the molecule is CC[C@@H](C(=O)NC1CCCC1)N(Cc1ccc(C)cc1)C(=O)COc1cc(C)c(Br)c(C)c1. The van der Waals surface area contributed by atoms with Gasteiger partial charge in [0.2, 0.25) is 5.91 Å². The van der Waals surface area contributed by atoms with E-state index in [1.807, 2.05) is 64.1 Å². The molecule has 33 heavy (non-hydrogen) atoms. The highest BCUT2D eigenvalue weighted by Crippen LogP contribution is 2.26. The normalized spacial score (nSPS) is 14.7. The van der Waals surface area contributed by atoms with Crippen LogP contribution in [0.1, 0.15) is 61.3 Å². The van der Waals surface area contributed by atoms with Gasteiger partial charge in [-0.1, -0.05) is 65.5 Å². The van der Waals surface area contributed by atoms with Crippen molar-refractivity contribution in [2.45, 2.75) is 78.4 Å². The third kappa shape index (κ3) is 6.83. The molecule has 0 heterocycles. The second kappa shape index (κ2) is 11.7. The fourth-order valence-corrected chi connectivity index (χ4v) is 4.62. The number of carbonyl (C=O) groups excluding carboxylic acids is 2. The van der Waals surface area contributed by atoms with Gasteiger partial charge < -0.3 is 15.0 Å². The van der Waals surface area contributed by atoms with Crippen LogP contribution in [-0.4, -0.2) is 35.4 Å². The molecule has 1 fully saturated rings. The number of nitrogens with one attached hydrogen (secondary N) is 1. The van der Waals surface area contributed by atoms with Gasteiger partial charge in [-0.25, -0.2) is 0 Å². The van der Waals surface area contributed by atoms with Crippen LogP contribution in [0.4, 0.5) is 0 Å². The Morgan fingerprint density at radius 3 is 2.27 bits per heavy atom. The molecule has 0 radical (unpaired) electrons. The molecule has 2 aromatic carbocycles. The van der Waals surface area contributed by atoms with Crippen molar-refractivity contribution >= 4 is 27.7 Å². The van der Waals surface area contributed by atoms with Crippen LogP contribution in [-0.2, 0) is 16.1 Å². The number of benzene rings is 2. The molecule has 1 aliphatic carbocycles. The van der Waals surface area contributed by atoms with E-state index in [1.165, 1.54) is 0 Å². The molecule has 1 saturated carbocycles. The van der Waals surface area contributed by atoms with Crippen LogP contribution in [0.2, 0.25) is 0 Å². The van der Waals surface area contributed by atoms with Crippen LogP contribution in [0.5, 0.6) is 5.75 Å². The summed E-state index contributed by atoms with van der Waals surface area (Å²) in [5.41, 5.74) is 4.26. The first-order valence-electron chi connectivity index (χ1n) is 11.8. The molecular weight excluding hydrogens is 480 g/mol. The van der Waals surface area contributed by atoms with Crippen molar-refractivity contribution in [3.63, 3.8) is 0 Å². The van der Waals surface area contributed by atoms with Gasteiger partial charge in [-0.15, -0.1) is 0 Å². The molecule has 2 aromatic rings. The smallest absolute Gasteiger partial charge is 0.261 e. The first kappa shape index (κ1) is 25.3. The van der Waals surface area contributed by atoms with Crippen molar-refractivity contribution in [3.8, 4) is 5.75 Å². The van der Waals surface area contributed by atoms with Gasteiger partial charge in [-0.05, 0) is 68.9 Å². The number of aryl methyl sites for hydroxylation is 3. The summed E-state index contributed by atoms with van der Waals surface area (Å²) in [5, 5.41) is 3.18. The number of hydrogen-bond acceptors (Lipinski definition) is 3. The maximum Gasteiger partial charge on any atom is 0.261 e. The van der Waals surface area contributed by atoms with Gasteiger partial charge in [0.1, 0.15) is 11.8 Å². The molecule has 5 nitrogen and oxygen atoms in total. The summed E-state index contributed by atoms with van der Waals surface area (Å²) in [6, 6.07) is 11.6. The van der Waals surface area contributed by atoms with E-state index < -0.39 is 6.04 Å². The van der Waals surface area contributed by atoms with Crippen LogP contribution in [0.25, 0.3) is 0 Å². The van der Waals surface area contributed by atoms with Gasteiger partial charge in [-0.2, -0.15) is 0 Å². The maximum atomic E-state index is 13.4. The number of rotatable bonds is 9. The molecule has 0 saturated heterocycles. The maximum absolute atomic E-state index is 13.4. The molecule has 0 spiro atoms. The van der Waals surface area contributed by atoms with Crippen LogP contribution in [0.15, 0.2) is 40.9 Å². The lowest BCUT2D eigenvalue weighted by Gasteiger charge is -2.31. The van der Waals surface area contributed by atoms with Gasteiger partial charge >= 0.3 is 0 Å². The minimum Gasteiger partial charge on any atom is -0.484 e. The van der Waals surface area contributed by atoms with E-state index in [0.29, 0.717) is 18.7 Å². The standard InChI is InChI=1S/C27H35BrN2O3/c1-5-24(27(32)29-22-8-6-7-9-22)30(16-21-12-10-18(2)11-13-21)25(31)17-33-23-14-19(3)26(28)20(4)15-23/h10-15,22,24H,5-9,16-17H2,1-4H3,(H,29,32)/t24-/m0/s1. The second-order valence-electron chi connectivity index (χ2n) is 9.08. The molecular formula is C27H35BrN2O3. The molecule has 6 heteroatoms. The first-order chi connectivity index (χ1) is 15.8. The third-order valence-electron chi connectivity index (χ3n) is 6.33. The summed E-state index contributed by atoms with van der Waals surface area (Å²) in [5.74, 6) is 0.391. The van der Waals surface area contributed by atoms with E-state index in [1.54, 1.807) is 4.90 Å². The van der Waals surface area contributed by atoms with Gasteiger partial charge in [0.05, 0.1) is 0 Å². The van der Waals surface area contributed by atoms with Crippen molar-refractivity contribution < 1.29 is 14.3 Å². The fourth-order valence-electron chi connectivity index (χ4n) is 4.39. The highest BCUT2D eigenvalue weighted by molar-refractivity contribution is 9.10. The number of halogens is 1. The number of hydrogen-bond donors (Lipinski definition) is 1. The molecule has 3 rings (SSSR count). The molecule has 0 unspecified atom stereocenters. The van der Waals surface area contributed by atoms with Crippen LogP contribution in [0.3, 0.4) is 0 Å². The number of nitrogens with zero attached hydrogens (tertiary/aromatic N) is 1. The van der Waals surface area contributed by atoms with Crippen LogP contribution >= 0.6 is 15.9 Å². The van der Waals surface area contributed by atoms with Crippen LogP contribution in [0, 0.1) is 20.8 Å². The van der Waals surface area contributed by atoms with Crippen molar-refractivity contribution in [1.82, 2.24) is 10.2 Å². The fraction of sp³-hybridized carbons (Fsp3) is 0.481. The topological polar surface area (TPSA) is 58.6 Å². The summed E-state index contributed by atoms with van der Waals surface area (Å²) in [7, 11) is 0. The van der Waals surface area contributed by atoms with E-state index in [4.69, 9.17) is 4.74 Å². The number of ether oxygens (including phenoxy) is 1. The molecule has 0 aliphatic heterocycles. The van der Waals surface area contributed by atoms with Crippen molar-refractivity contribution in [1.29, 1.82) is 0 Å². The van der Waals surface area contributed by atoms with Gasteiger partial charge in [0, 0.05) is 17.1 Å². The minimum atomic E-state index is -0.531. The highest BCUT2D eigenvalue weighted by Gasteiger charge is 2.30. The molecule has 1 N–H and O–H groups in total. The van der Waals surface area contributed by atoms with E-state index in [-0.39, 0.29) is 24.5 Å². The molecule has 0 bridgehead atoms. The first-order valence-corrected chi connectivity index (χ1v) is 12.6. The Kier molecular flexibility index (Phi) is 8.95. The summed E-state index contributed by atoms with van der Waals surface area (Å²) in [4.78, 5) is 28.2. The molecule has 1 aliphatic rings. The lowest BCUT2D eigenvalue weighted by atomic mass is 10.1. The quantitative estimate of drug-likeness (QED) is 0.472. The Hall–Kier alpha value is -2.34. The van der Waals surface area contributed by atoms with Gasteiger partial charge in [-0.3, -0.25) is 9.59 Å². The summed E-state index contributed by atoms with van der Waals surface area (Å²) in [6.07, 6.45) is 4.87. The highest BCUT2D eigenvalue weighted by atomic mass is 79.9.